The van der Waals surface area contributed by atoms with Gasteiger partial charge in [-0.2, -0.15) is 0 Å². The monoisotopic (exact) mass is 358 g/mol. The van der Waals surface area contributed by atoms with E-state index in [0.29, 0.717) is 18.8 Å². The van der Waals surface area contributed by atoms with Crippen LogP contribution in [0.3, 0.4) is 0 Å². The van der Waals surface area contributed by atoms with E-state index in [2.05, 4.69) is 15.0 Å². The number of amides is 1. The summed E-state index contributed by atoms with van der Waals surface area (Å²) in [6.45, 7) is 3.47. The number of nitrogens with one attached hydrogen (secondary N) is 1. The molecule has 1 heterocycles. The van der Waals surface area contributed by atoms with Crippen LogP contribution < -0.4 is 15.8 Å². The Hall–Kier alpha value is -2.45. The number of carbonyl (C=O) groups excluding carboxylic acids is 1. The van der Waals surface area contributed by atoms with E-state index in [4.69, 9.17) is 5.73 Å². The van der Waals surface area contributed by atoms with E-state index in [-0.39, 0.29) is 23.5 Å². The molecule has 0 aromatic heterocycles. The van der Waals surface area contributed by atoms with Gasteiger partial charge in [0.1, 0.15) is 5.75 Å². The lowest BCUT2D eigenvalue weighted by molar-refractivity contribution is -0.274. The van der Waals surface area contributed by atoms with Crippen LogP contribution in [0.4, 0.5) is 18.9 Å². The Balaban J connectivity index is 1.85. The Kier molecular flexibility index (Phi) is 6.11. The van der Waals surface area contributed by atoms with Crippen LogP contribution in [0.15, 0.2) is 29.3 Å². The molecule has 25 heavy (non-hydrogen) atoms. The highest BCUT2D eigenvalue weighted by molar-refractivity contribution is 5.92. The molecule has 138 valence electrons. The number of alkyl halides is 3. The number of anilines is 1. The molecule has 1 saturated heterocycles. The minimum absolute atomic E-state index is 0.0564. The van der Waals surface area contributed by atoms with Crippen molar-refractivity contribution < 1.29 is 22.7 Å². The van der Waals surface area contributed by atoms with Gasteiger partial charge in [-0.15, -0.1) is 13.2 Å². The Morgan fingerprint density at radius 3 is 2.68 bits per heavy atom. The number of nitrogens with zero attached hydrogens (tertiary/aromatic N) is 2. The van der Waals surface area contributed by atoms with Crippen molar-refractivity contribution in [1.29, 1.82) is 0 Å². The number of nitrogens with two attached hydrogens (primary N) is 1. The number of hydrogen-bond donors (Lipinski definition) is 2. The second-order valence-corrected chi connectivity index (χ2v) is 5.90. The van der Waals surface area contributed by atoms with E-state index in [0.717, 1.165) is 19.4 Å². The third-order valence-corrected chi connectivity index (χ3v) is 3.84. The van der Waals surface area contributed by atoms with Gasteiger partial charge >= 0.3 is 6.36 Å². The molecule has 1 unspecified atom stereocenters. The van der Waals surface area contributed by atoms with Crippen molar-refractivity contribution in [2.45, 2.75) is 26.1 Å². The third kappa shape index (κ3) is 6.52. The van der Waals surface area contributed by atoms with Gasteiger partial charge in [0, 0.05) is 32.2 Å². The second kappa shape index (κ2) is 8.09. The van der Waals surface area contributed by atoms with Gasteiger partial charge in [0.05, 0.1) is 0 Å². The first-order valence-electron chi connectivity index (χ1n) is 7.91. The van der Waals surface area contributed by atoms with Crippen LogP contribution in [-0.4, -0.2) is 42.8 Å². The van der Waals surface area contributed by atoms with Crippen LogP contribution in [0, 0.1) is 5.92 Å². The van der Waals surface area contributed by atoms with Crippen LogP contribution in [0.5, 0.6) is 5.75 Å². The minimum Gasteiger partial charge on any atom is -0.406 e. The zero-order valence-electron chi connectivity index (χ0n) is 13.8. The molecule has 0 bridgehead atoms. The summed E-state index contributed by atoms with van der Waals surface area (Å²) in [4.78, 5) is 17.5. The van der Waals surface area contributed by atoms with Gasteiger partial charge in [0.25, 0.3) is 0 Å². The predicted octanol–water partition coefficient (Wildman–Crippen LogP) is 2.57. The smallest absolute Gasteiger partial charge is 0.406 e. The number of likely N-dealkylation sites (tertiary alicyclic amines) is 1. The summed E-state index contributed by atoms with van der Waals surface area (Å²) in [7, 11) is 0. The van der Waals surface area contributed by atoms with E-state index >= 15 is 0 Å². The van der Waals surface area contributed by atoms with Crippen molar-refractivity contribution in [2.75, 3.05) is 25.0 Å². The maximum Gasteiger partial charge on any atom is 0.573 e. The summed E-state index contributed by atoms with van der Waals surface area (Å²) in [6.07, 6.45) is -2.80. The number of hydrogen-bond acceptors (Lipinski definition) is 3. The van der Waals surface area contributed by atoms with Gasteiger partial charge in [-0.1, -0.05) is 0 Å². The lowest BCUT2D eigenvalue weighted by Crippen LogP contribution is -2.39. The number of guanidine groups is 1. The minimum atomic E-state index is -4.72. The van der Waals surface area contributed by atoms with Crippen molar-refractivity contribution in [3.8, 4) is 5.75 Å². The summed E-state index contributed by atoms with van der Waals surface area (Å²) in [5, 5.41) is 2.82. The summed E-state index contributed by atoms with van der Waals surface area (Å²) in [5.74, 6) is 0.172. The van der Waals surface area contributed by atoms with Crippen LogP contribution in [0.25, 0.3) is 0 Å². The first-order chi connectivity index (χ1) is 11.7. The van der Waals surface area contributed by atoms with E-state index in [1.54, 1.807) is 11.8 Å². The molecule has 2 rings (SSSR count). The summed E-state index contributed by atoms with van der Waals surface area (Å²) in [5.41, 5.74) is 6.31. The Morgan fingerprint density at radius 1 is 1.40 bits per heavy atom. The normalized spacial score (nSPS) is 18.8. The molecule has 1 atom stereocenters. The molecule has 1 amide bonds. The van der Waals surface area contributed by atoms with E-state index in [1.807, 2.05) is 0 Å². The van der Waals surface area contributed by atoms with Gasteiger partial charge in [-0.05, 0) is 43.0 Å². The quantitative estimate of drug-likeness (QED) is 0.640. The van der Waals surface area contributed by atoms with Crippen LogP contribution in [0.1, 0.15) is 19.8 Å². The fraction of sp³-hybridized carbons (Fsp3) is 0.500. The maximum absolute atomic E-state index is 12.1. The average molecular weight is 358 g/mol. The highest BCUT2D eigenvalue weighted by atomic mass is 19.4. The van der Waals surface area contributed by atoms with Crippen molar-refractivity contribution in [2.24, 2.45) is 16.6 Å². The number of halogens is 3. The number of piperidine rings is 1. The van der Waals surface area contributed by atoms with Gasteiger partial charge in [0.15, 0.2) is 5.96 Å². The van der Waals surface area contributed by atoms with Crippen molar-refractivity contribution >= 4 is 17.6 Å². The molecule has 0 spiro atoms. The summed E-state index contributed by atoms with van der Waals surface area (Å²) >= 11 is 0. The summed E-state index contributed by atoms with van der Waals surface area (Å²) < 4.78 is 40.1. The molecule has 1 fully saturated rings. The Labute approximate surface area is 143 Å². The van der Waals surface area contributed by atoms with Crippen LogP contribution >= 0.6 is 0 Å². The number of benzene rings is 1. The molecule has 0 saturated carbocycles. The van der Waals surface area contributed by atoms with Gasteiger partial charge in [-0.3, -0.25) is 9.79 Å². The standard InChI is InChI=1S/C16H21F3N4O2/c1-11(24)23-8-2-3-12(10-23)9-21-15(20)22-13-4-6-14(7-5-13)25-16(17,18)19/h4-7,12H,2-3,8-10H2,1H3,(H3,20,21,22). The molecule has 3 N–H and O–H groups in total. The molecular formula is C16H21F3N4O2. The molecule has 1 aromatic rings. The molecule has 6 nitrogen and oxygen atoms in total. The summed E-state index contributed by atoms with van der Waals surface area (Å²) in [6, 6.07) is 5.22. The van der Waals surface area contributed by atoms with Crippen molar-refractivity contribution in [1.82, 2.24) is 4.90 Å². The van der Waals surface area contributed by atoms with Gasteiger partial charge in [-0.25, -0.2) is 0 Å². The fourth-order valence-corrected chi connectivity index (χ4v) is 2.65. The molecule has 1 aromatic carbocycles. The molecule has 0 radical (unpaired) electrons. The van der Waals surface area contributed by atoms with Crippen molar-refractivity contribution in [3.63, 3.8) is 0 Å². The van der Waals surface area contributed by atoms with Gasteiger partial charge in [0.2, 0.25) is 5.91 Å². The average Bonchev–Trinajstić information content (AvgIpc) is 2.54. The Bertz CT molecular complexity index is 617. The van der Waals surface area contributed by atoms with Crippen LogP contribution in [0.2, 0.25) is 0 Å². The zero-order chi connectivity index (χ0) is 18.4. The maximum atomic E-state index is 12.1. The predicted molar refractivity (Wildman–Crippen MR) is 88.2 cm³/mol. The number of ether oxygens (including phenoxy) is 1. The number of carbonyl (C=O) groups is 1. The molecule has 0 aliphatic carbocycles. The SMILES string of the molecule is CC(=O)N1CCCC(CN=C(N)Nc2ccc(OC(F)(F)F)cc2)C1. The van der Waals surface area contributed by atoms with Gasteiger partial charge < -0.3 is 20.7 Å². The molecular weight excluding hydrogens is 337 g/mol. The van der Waals surface area contributed by atoms with E-state index in [1.165, 1.54) is 24.3 Å². The van der Waals surface area contributed by atoms with Crippen molar-refractivity contribution in [3.05, 3.63) is 24.3 Å². The lowest BCUT2D eigenvalue weighted by Gasteiger charge is -2.31. The fourth-order valence-electron chi connectivity index (χ4n) is 2.65. The van der Waals surface area contributed by atoms with Crippen LogP contribution in [-0.2, 0) is 4.79 Å². The first-order valence-corrected chi connectivity index (χ1v) is 7.91. The molecule has 9 heteroatoms. The highest BCUT2D eigenvalue weighted by Gasteiger charge is 2.30. The number of rotatable bonds is 4. The highest BCUT2D eigenvalue weighted by Crippen LogP contribution is 2.24. The molecule has 1 aliphatic rings. The largest absolute Gasteiger partial charge is 0.573 e. The third-order valence-electron chi connectivity index (χ3n) is 3.84. The van der Waals surface area contributed by atoms with E-state index < -0.39 is 6.36 Å². The second-order valence-electron chi connectivity index (χ2n) is 5.90. The van der Waals surface area contributed by atoms with E-state index in [9.17, 15) is 18.0 Å². The zero-order valence-corrected chi connectivity index (χ0v) is 13.8. The number of aliphatic imine (C=N–C) groups is 1. The lowest BCUT2D eigenvalue weighted by atomic mass is 9.98. The first kappa shape index (κ1) is 18.9. The Morgan fingerprint density at radius 2 is 2.08 bits per heavy atom. The topological polar surface area (TPSA) is 80.0 Å². The molecule has 1 aliphatic heterocycles.